The SMILES string of the molecule is C[C@@H]1C[C@@H](Nc2ccc(N)c(C(=N)c3cnco3)c2)c2ccc(C#N)cc21. The van der Waals surface area contributed by atoms with Crippen molar-refractivity contribution < 1.29 is 4.42 Å². The number of nitrogens with two attached hydrogens (primary N) is 1. The van der Waals surface area contributed by atoms with Crippen LogP contribution >= 0.6 is 0 Å². The third kappa shape index (κ3) is 3.04. The first-order chi connectivity index (χ1) is 13.1. The summed E-state index contributed by atoms with van der Waals surface area (Å²) in [5, 5.41) is 21.0. The zero-order valence-corrected chi connectivity index (χ0v) is 14.9. The second kappa shape index (κ2) is 6.61. The number of nitrogens with one attached hydrogen (secondary N) is 2. The van der Waals surface area contributed by atoms with E-state index in [-0.39, 0.29) is 11.8 Å². The van der Waals surface area contributed by atoms with Gasteiger partial charge in [-0.25, -0.2) is 4.98 Å². The highest BCUT2D eigenvalue weighted by atomic mass is 16.3. The third-order valence-electron chi connectivity index (χ3n) is 5.05. The Kier molecular flexibility index (Phi) is 4.13. The summed E-state index contributed by atoms with van der Waals surface area (Å²) in [7, 11) is 0. The van der Waals surface area contributed by atoms with Crippen LogP contribution in [0.4, 0.5) is 11.4 Å². The van der Waals surface area contributed by atoms with Crippen LogP contribution in [0.2, 0.25) is 0 Å². The quantitative estimate of drug-likeness (QED) is 0.478. The molecule has 0 radical (unpaired) electrons. The number of hydrogen-bond acceptors (Lipinski definition) is 6. The van der Waals surface area contributed by atoms with Crippen molar-refractivity contribution >= 4 is 17.1 Å². The Labute approximate surface area is 157 Å². The molecule has 27 heavy (non-hydrogen) atoms. The van der Waals surface area contributed by atoms with Crippen molar-refractivity contribution in [1.29, 1.82) is 10.7 Å². The summed E-state index contributed by atoms with van der Waals surface area (Å²) >= 11 is 0. The van der Waals surface area contributed by atoms with Gasteiger partial charge in [0.2, 0.25) is 0 Å². The number of nitriles is 1. The van der Waals surface area contributed by atoms with Crippen LogP contribution in [0, 0.1) is 16.7 Å². The van der Waals surface area contributed by atoms with E-state index in [0.717, 1.165) is 12.1 Å². The van der Waals surface area contributed by atoms with E-state index < -0.39 is 0 Å². The molecule has 4 rings (SSSR count). The number of aromatic nitrogens is 1. The maximum Gasteiger partial charge on any atom is 0.181 e. The lowest BCUT2D eigenvalue weighted by atomic mass is 10.0. The van der Waals surface area contributed by atoms with Crippen molar-refractivity contribution in [2.45, 2.75) is 25.3 Å². The number of benzene rings is 2. The number of anilines is 2. The van der Waals surface area contributed by atoms with Gasteiger partial charge in [0, 0.05) is 16.9 Å². The molecule has 0 spiro atoms. The van der Waals surface area contributed by atoms with Gasteiger partial charge in [-0.3, -0.25) is 5.41 Å². The predicted molar refractivity (Wildman–Crippen MR) is 104 cm³/mol. The molecular formula is C21H19N5O. The van der Waals surface area contributed by atoms with E-state index >= 15 is 0 Å². The Bertz CT molecular complexity index is 1050. The molecule has 4 N–H and O–H groups in total. The lowest BCUT2D eigenvalue weighted by molar-refractivity contribution is 0.548. The van der Waals surface area contributed by atoms with Crippen molar-refractivity contribution in [2.75, 3.05) is 11.1 Å². The molecule has 0 bridgehead atoms. The first kappa shape index (κ1) is 16.9. The second-order valence-corrected chi connectivity index (χ2v) is 6.83. The molecule has 2 atom stereocenters. The Morgan fingerprint density at radius 1 is 1.30 bits per heavy atom. The fourth-order valence-electron chi connectivity index (χ4n) is 3.67. The van der Waals surface area contributed by atoms with Gasteiger partial charge in [-0.05, 0) is 53.8 Å². The van der Waals surface area contributed by atoms with E-state index in [1.54, 1.807) is 6.07 Å². The van der Waals surface area contributed by atoms with E-state index in [1.807, 2.05) is 30.3 Å². The Morgan fingerprint density at radius 3 is 2.89 bits per heavy atom. The van der Waals surface area contributed by atoms with Gasteiger partial charge in [0.15, 0.2) is 12.2 Å². The van der Waals surface area contributed by atoms with Crippen molar-refractivity contribution in [2.24, 2.45) is 0 Å². The summed E-state index contributed by atoms with van der Waals surface area (Å²) < 4.78 is 5.22. The second-order valence-electron chi connectivity index (χ2n) is 6.83. The van der Waals surface area contributed by atoms with Crippen LogP contribution in [0.3, 0.4) is 0 Å². The first-order valence-electron chi connectivity index (χ1n) is 8.74. The molecule has 1 aliphatic carbocycles. The number of nitrogen functional groups attached to an aromatic ring is 1. The van der Waals surface area contributed by atoms with Crippen molar-refractivity contribution in [3.63, 3.8) is 0 Å². The molecule has 134 valence electrons. The highest BCUT2D eigenvalue weighted by Gasteiger charge is 2.28. The van der Waals surface area contributed by atoms with Crippen LogP contribution in [0.25, 0.3) is 0 Å². The third-order valence-corrected chi connectivity index (χ3v) is 5.05. The number of fused-ring (bicyclic) bond motifs is 1. The van der Waals surface area contributed by atoms with Gasteiger partial charge < -0.3 is 15.5 Å². The fraction of sp³-hybridized carbons (Fsp3) is 0.190. The highest BCUT2D eigenvalue weighted by Crippen LogP contribution is 2.42. The van der Waals surface area contributed by atoms with Gasteiger partial charge in [0.1, 0.15) is 5.71 Å². The number of oxazole rings is 1. The average Bonchev–Trinajstić information content (AvgIpc) is 3.31. The van der Waals surface area contributed by atoms with Crippen LogP contribution in [0.15, 0.2) is 53.4 Å². The van der Waals surface area contributed by atoms with Crippen molar-refractivity contribution in [3.8, 4) is 6.07 Å². The van der Waals surface area contributed by atoms with E-state index in [1.165, 1.54) is 23.7 Å². The molecule has 1 aliphatic rings. The zero-order valence-electron chi connectivity index (χ0n) is 14.9. The van der Waals surface area contributed by atoms with Crippen LogP contribution < -0.4 is 11.1 Å². The molecule has 1 heterocycles. The first-order valence-corrected chi connectivity index (χ1v) is 8.74. The van der Waals surface area contributed by atoms with E-state index in [0.29, 0.717) is 28.5 Å². The van der Waals surface area contributed by atoms with Gasteiger partial charge >= 0.3 is 0 Å². The molecule has 0 saturated heterocycles. The van der Waals surface area contributed by atoms with Crippen LogP contribution in [-0.2, 0) is 0 Å². The lowest BCUT2D eigenvalue weighted by Gasteiger charge is -2.17. The summed E-state index contributed by atoms with van der Waals surface area (Å²) in [5.74, 6) is 0.759. The normalized spacial score (nSPS) is 17.9. The average molecular weight is 357 g/mol. The maximum atomic E-state index is 9.13. The largest absolute Gasteiger partial charge is 0.442 e. The Balaban J connectivity index is 1.62. The molecule has 6 nitrogen and oxygen atoms in total. The summed E-state index contributed by atoms with van der Waals surface area (Å²) in [6, 6.07) is 13.8. The van der Waals surface area contributed by atoms with Crippen molar-refractivity contribution in [3.05, 3.63) is 77.0 Å². The van der Waals surface area contributed by atoms with E-state index in [4.69, 9.17) is 20.8 Å². The van der Waals surface area contributed by atoms with Gasteiger partial charge in [0.05, 0.1) is 23.9 Å². The number of nitrogens with zero attached hydrogens (tertiary/aromatic N) is 2. The molecule has 0 fully saturated rings. The maximum absolute atomic E-state index is 9.13. The standard InChI is InChI=1S/C21H19N5O/c1-12-6-19(15-4-2-13(9-22)7-16(12)15)26-14-3-5-18(23)17(8-14)21(24)20-10-25-11-27-20/h2-5,7-8,10-12,19,24,26H,6,23H2,1H3/t12-,19-/m1/s1. The molecule has 0 saturated carbocycles. The minimum atomic E-state index is 0.152. The lowest BCUT2D eigenvalue weighted by Crippen LogP contribution is -2.10. The number of hydrogen-bond donors (Lipinski definition) is 3. The predicted octanol–water partition coefficient (Wildman–Crippen LogP) is 4.21. The summed E-state index contributed by atoms with van der Waals surface area (Å²) in [4.78, 5) is 3.86. The topological polar surface area (TPSA) is 112 Å². The van der Waals surface area contributed by atoms with Crippen LogP contribution in [0.5, 0.6) is 0 Å². The van der Waals surface area contributed by atoms with Gasteiger partial charge in [0.25, 0.3) is 0 Å². The molecule has 6 heteroatoms. The molecule has 0 unspecified atom stereocenters. The number of rotatable bonds is 4. The molecule has 1 aromatic heterocycles. The monoisotopic (exact) mass is 357 g/mol. The van der Waals surface area contributed by atoms with Crippen LogP contribution in [0.1, 0.15) is 53.3 Å². The van der Waals surface area contributed by atoms with Gasteiger partial charge in [-0.15, -0.1) is 0 Å². The van der Waals surface area contributed by atoms with E-state index in [2.05, 4.69) is 23.3 Å². The molecule has 0 aliphatic heterocycles. The Hall–Kier alpha value is -3.59. The van der Waals surface area contributed by atoms with Gasteiger partial charge in [-0.2, -0.15) is 5.26 Å². The summed E-state index contributed by atoms with van der Waals surface area (Å²) in [5.41, 5.74) is 11.4. The Morgan fingerprint density at radius 2 is 2.15 bits per heavy atom. The van der Waals surface area contributed by atoms with E-state index in [9.17, 15) is 0 Å². The molecule has 3 aromatic rings. The minimum Gasteiger partial charge on any atom is -0.442 e. The van der Waals surface area contributed by atoms with Gasteiger partial charge in [-0.1, -0.05) is 13.0 Å². The van der Waals surface area contributed by atoms with Crippen LogP contribution in [-0.4, -0.2) is 10.7 Å². The minimum absolute atomic E-state index is 0.152. The smallest absolute Gasteiger partial charge is 0.181 e. The summed E-state index contributed by atoms with van der Waals surface area (Å²) in [6.07, 6.45) is 3.75. The molecule has 0 amide bonds. The zero-order chi connectivity index (χ0) is 19.0. The molecular weight excluding hydrogens is 338 g/mol. The van der Waals surface area contributed by atoms with Crippen molar-refractivity contribution in [1.82, 2.24) is 4.98 Å². The fourth-order valence-corrected chi connectivity index (χ4v) is 3.67. The summed E-state index contributed by atoms with van der Waals surface area (Å²) in [6.45, 7) is 2.18. The highest BCUT2D eigenvalue weighted by molar-refractivity contribution is 6.12. The molecule has 2 aromatic carbocycles.